The minimum Gasteiger partial charge on any atom is -0.390 e. The van der Waals surface area contributed by atoms with Gasteiger partial charge in [0.25, 0.3) is 0 Å². The van der Waals surface area contributed by atoms with Crippen molar-refractivity contribution >= 4 is 28.1 Å². The molecule has 0 fully saturated rings. The topological polar surface area (TPSA) is 111 Å². The van der Waals surface area contributed by atoms with Crippen LogP contribution in [0.2, 0.25) is 0 Å². The van der Waals surface area contributed by atoms with Crippen LogP contribution >= 0.6 is 0 Å². The molecular weight excluding hydrogens is 352 g/mol. The van der Waals surface area contributed by atoms with Gasteiger partial charge in [-0.25, -0.2) is 0 Å². The number of benzene rings is 3. The molecule has 0 amide bonds. The smallest absolute Gasteiger partial charge is 0.176 e. The van der Waals surface area contributed by atoms with Crippen molar-refractivity contribution in [1.29, 1.82) is 5.41 Å². The standard InChI is InChI=1S/C22H24N4O2/c23-22(24)16-7-9-19(10-8-16)26-13-20(27)12-25-14-21(28)18-6-5-15-3-1-2-4-17(15)11-18/h1-11,20,25-27H,12-14H2,(H3,23,24). The Bertz CT molecular complexity index is 970. The molecule has 3 aromatic carbocycles. The Morgan fingerprint density at radius 1 is 0.964 bits per heavy atom. The molecule has 6 N–H and O–H groups in total. The van der Waals surface area contributed by atoms with Gasteiger partial charge < -0.3 is 21.5 Å². The summed E-state index contributed by atoms with van der Waals surface area (Å²) in [6.07, 6.45) is -0.642. The number of carbonyl (C=O) groups is 1. The Morgan fingerprint density at radius 3 is 2.36 bits per heavy atom. The molecule has 0 radical (unpaired) electrons. The number of carbonyl (C=O) groups excluding carboxylic acids is 1. The summed E-state index contributed by atoms with van der Waals surface area (Å²) in [5.41, 5.74) is 7.56. The first-order valence-corrected chi connectivity index (χ1v) is 9.12. The maximum Gasteiger partial charge on any atom is 0.176 e. The van der Waals surface area contributed by atoms with E-state index in [-0.39, 0.29) is 18.2 Å². The predicted molar refractivity (Wildman–Crippen MR) is 113 cm³/mol. The molecule has 0 aliphatic rings. The zero-order valence-electron chi connectivity index (χ0n) is 15.5. The van der Waals surface area contributed by atoms with Gasteiger partial charge in [-0.05, 0) is 41.1 Å². The Balaban J connectivity index is 1.43. The number of hydrogen-bond donors (Lipinski definition) is 5. The van der Waals surface area contributed by atoms with E-state index in [1.54, 1.807) is 24.3 Å². The molecule has 6 heteroatoms. The van der Waals surface area contributed by atoms with Crippen LogP contribution in [0.15, 0.2) is 66.7 Å². The largest absolute Gasteiger partial charge is 0.390 e. The van der Waals surface area contributed by atoms with Crippen molar-refractivity contribution < 1.29 is 9.90 Å². The average molecular weight is 376 g/mol. The van der Waals surface area contributed by atoms with Crippen LogP contribution in [0.25, 0.3) is 10.8 Å². The first-order valence-electron chi connectivity index (χ1n) is 9.12. The van der Waals surface area contributed by atoms with Crippen LogP contribution in [0.5, 0.6) is 0 Å². The number of fused-ring (bicyclic) bond motifs is 1. The first kappa shape index (κ1) is 19.5. The fourth-order valence-corrected chi connectivity index (χ4v) is 2.89. The van der Waals surface area contributed by atoms with E-state index in [9.17, 15) is 9.90 Å². The summed E-state index contributed by atoms with van der Waals surface area (Å²) in [7, 11) is 0. The van der Waals surface area contributed by atoms with E-state index < -0.39 is 6.10 Å². The molecule has 0 spiro atoms. The molecule has 28 heavy (non-hydrogen) atoms. The van der Waals surface area contributed by atoms with Gasteiger partial charge in [0.1, 0.15) is 5.84 Å². The number of nitrogens with two attached hydrogens (primary N) is 1. The SMILES string of the molecule is N=C(N)c1ccc(NCC(O)CNCC(=O)c2ccc3ccccc3c2)cc1. The molecule has 3 aromatic rings. The number of nitrogens with one attached hydrogen (secondary N) is 3. The second kappa shape index (κ2) is 9.12. The van der Waals surface area contributed by atoms with Gasteiger partial charge in [-0.3, -0.25) is 10.2 Å². The predicted octanol–water partition coefficient (Wildman–Crippen LogP) is 2.37. The van der Waals surface area contributed by atoms with Crippen molar-refractivity contribution in [2.45, 2.75) is 6.10 Å². The third kappa shape index (κ3) is 5.16. The summed E-state index contributed by atoms with van der Waals surface area (Å²) < 4.78 is 0. The summed E-state index contributed by atoms with van der Waals surface area (Å²) in [5, 5.41) is 25.7. The summed E-state index contributed by atoms with van der Waals surface area (Å²) in [5.74, 6) is 0.0117. The van der Waals surface area contributed by atoms with Crippen molar-refractivity contribution in [3.8, 4) is 0 Å². The summed E-state index contributed by atoms with van der Waals surface area (Å²) in [6, 6.07) is 20.7. The van der Waals surface area contributed by atoms with Gasteiger partial charge in [0.05, 0.1) is 12.6 Å². The third-order valence-electron chi connectivity index (χ3n) is 4.47. The minimum absolute atomic E-state index is 0.00858. The quantitative estimate of drug-likeness (QED) is 0.224. The van der Waals surface area contributed by atoms with E-state index in [1.807, 2.05) is 42.5 Å². The maximum atomic E-state index is 12.3. The van der Waals surface area contributed by atoms with Crippen molar-refractivity contribution in [3.05, 3.63) is 77.9 Å². The van der Waals surface area contributed by atoms with Gasteiger partial charge in [-0.15, -0.1) is 0 Å². The number of rotatable bonds is 9. The molecule has 0 aliphatic heterocycles. The molecule has 144 valence electrons. The second-order valence-electron chi connectivity index (χ2n) is 6.64. The van der Waals surface area contributed by atoms with Crippen molar-refractivity contribution in [1.82, 2.24) is 5.32 Å². The van der Waals surface area contributed by atoms with E-state index >= 15 is 0 Å². The average Bonchev–Trinajstić information content (AvgIpc) is 2.72. The zero-order valence-corrected chi connectivity index (χ0v) is 15.5. The van der Waals surface area contributed by atoms with E-state index in [0.29, 0.717) is 24.2 Å². The number of ketones is 1. The minimum atomic E-state index is -0.642. The van der Waals surface area contributed by atoms with Gasteiger partial charge in [-0.2, -0.15) is 0 Å². The third-order valence-corrected chi connectivity index (χ3v) is 4.47. The number of Topliss-reactive ketones (excluding diaryl/α,β-unsaturated/α-hetero) is 1. The summed E-state index contributed by atoms with van der Waals surface area (Å²) in [6.45, 7) is 0.817. The lowest BCUT2D eigenvalue weighted by Gasteiger charge is -2.14. The zero-order chi connectivity index (χ0) is 19.9. The van der Waals surface area contributed by atoms with Crippen LogP contribution in [0.4, 0.5) is 5.69 Å². The highest BCUT2D eigenvalue weighted by Gasteiger charge is 2.09. The molecule has 0 bridgehead atoms. The van der Waals surface area contributed by atoms with Crippen LogP contribution in [0.1, 0.15) is 15.9 Å². The van der Waals surface area contributed by atoms with Crippen molar-refractivity contribution in [3.63, 3.8) is 0 Å². The molecule has 0 saturated carbocycles. The lowest BCUT2D eigenvalue weighted by atomic mass is 10.0. The molecular formula is C22H24N4O2. The van der Waals surface area contributed by atoms with E-state index in [1.165, 1.54) is 0 Å². The fraction of sp³-hybridized carbons (Fsp3) is 0.182. The van der Waals surface area contributed by atoms with Gasteiger partial charge in [-0.1, -0.05) is 36.4 Å². The van der Waals surface area contributed by atoms with E-state index in [0.717, 1.165) is 16.5 Å². The molecule has 1 unspecified atom stereocenters. The van der Waals surface area contributed by atoms with Crippen molar-refractivity contribution in [2.24, 2.45) is 5.73 Å². The lowest BCUT2D eigenvalue weighted by Crippen LogP contribution is -2.35. The molecule has 0 heterocycles. The number of aliphatic hydroxyl groups is 1. The normalized spacial score (nSPS) is 11.9. The van der Waals surface area contributed by atoms with Gasteiger partial charge in [0.15, 0.2) is 5.78 Å². The van der Waals surface area contributed by atoms with Crippen LogP contribution in [-0.2, 0) is 0 Å². The molecule has 3 rings (SSSR count). The Hall–Kier alpha value is -3.22. The molecule has 0 aliphatic carbocycles. The van der Waals surface area contributed by atoms with E-state index in [4.69, 9.17) is 11.1 Å². The number of amidine groups is 1. The van der Waals surface area contributed by atoms with Gasteiger partial charge in [0.2, 0.25) is 0 Å². The van der Waals surface area contributed by atoms with Crippen LogP contribution < -0.4 is 16.4 Å². The van der Waals surface area contributed by atoms with Gasteiger partial charge in [0, 0.05) is 29.9 Å². The first-order chi connectivity index (χ1) is 13.5. The molecule has 0 aromatic heterocycles. The Kier molecular flexibility index (Phi) is 6.37. The maximum absolute atomic E-state index is 12.3. The monoisotopic (exact) mass is 376 g/mol. The second-order valence-corrected chi connectivity index (χ2v) is 6.64. The Morgan fingerprint density at radius 2 is 1.64 bits per heavy atom. The molecule has 1 atom stereocenters. The van der Waals surface area contributed by atoms with Crippen LogP contribution in [-0.4, -0.2) is 42.5 Å². The molecule has 6 nitrogen and oxygen atoms in total. The van der Waals surface area contributed by atoms with Crippen LogP contribution in [0.3, 0.4) is 0 Å². The highest BCUT2D eigenvalue weighted by Crippen LogP contribution is 2.15. The number of aliphatic hydroxyl groups excluding tert-OH is 1. The summed E-state index contributed by atoms with van der Waals surface area (Å²) in [4.78, 5) is 12.3. The fourth-order valence-electron chi connectivity index (χ4n) is 2.89. The summed E-state index contributed by atoms with van der Waals surface area (Å²) >= 11 is 0. The lowest BCUT2D eigenvalue weighted by molar-refractivity contribution is 0.0984. The number of hydrogen-bond acceptors (Lipinski definition) is 5. The van der Waals surface area contributed by atoms with E-state index in [2.05, 4.69) is 10.6 Å². The highest BCUT2D eigenvalue weighted by atomic mass is 16.3. The number of anilines is 1. The van der Waals surface area contributed by atoms with Crippen molar-refractivity contribution in [2.75, 3.05) is 25.0 Å². The van der Waals surface area contributed by atoms with Gasteiger partial charge >= 0.3 is 0 Å². The van der Waals surface area contributed by atoms with Crippen LogP contribution in [0, 0.1) is 5.41 Å². The highest BCUT2D eigenvalue weighted by molar-refractivity contribution is 6.01. The Labute approximate surface area is 163 Å². The number of nitrogen functional groups attached to an aromatic ring is 1. The molecule has 0 saturated heterocycles.